The van der Waals surface area contributed by atoms with E-state index in [9.17, 15) is 9.59 Å². The standard InChI is InChI=1S/C23H28N4O2S/c1-13-3-5-18(6-4-13)20-26-27-22(30-20)25-19(28)14(2)24-21(29)23-10-15-7-16(11-23)9-17(8-15)12-23/h3-6,14-17H,7-12H2,1-2H3,(H,24,29)(H,25,27,28). The Kier molecular flexibility index (Phi) is 4.88. The van der Waals surface area contributed by atoms with Gasteiger partial charge in [-0.2, -0.15) is 0 Å². The van der Waals surface area contributed by atoms with Gasteiger partial charge < -0.3 is 5.32 Å². The van der Waals surface area contributed by atoms with Crippen molar-refractivity contribution in [3.05, 3.63) is 29.8 Å². The van der Waals surface area contributed by atoms with Crippen LogP contribution in [-0.2, 0) is 9.59 Å². The van der Waals surface area contributed by atoms with Gasteiger partial charge in [-0.1, -0.05) is 41.2 Å². The Hall–Kier alpha value is -2.28. The first kappa shape index (κ1) is 19.7. The molecular weight excluding hydrogens is 396 g/mol. The Labute approximate surface area is 180 Å². The first-order chi connectivity index (χ1) is 14.4. The highest BCUT2D eigenvalue weighted by molar-refractivity contribution is 7.18. The minimum Gasteiger partial charge on any atom is -0.344 e. The van der Waals surface area contributed by atoms with Crippen LogP contribution < -0.4 is 10.6 Å². The molecule has 2 amide bonds. The second-order valence-electron chi connectivity index (χ2n) is 9.66. The summed E-state index contributed by atoms with van der Waals surface area (Å²) in [6.07, 6.45) is 6.87. The summed E-state index contributed by atoms with van der Waals surface area (Å²) in [6.45, 7) is 3.78. The van der Waals surface area contributed by atoms with Gasteiger partial charge in [0.1, 0.15) is 11.0 Å². The highest BCUT2D eigenvalue weighted by Crippen LogP contribution is 2.60. The molecular formula is C23H28N4O2S. The normalized spacial score (nSPS) is 30.1. The number of nitrogens with one attached hydrogen (secondary N) is 2. The number of hydrogen-bond acceptors (Lipinski definition) is 5. The summed E-state index contributed by atoms with van der Waals surface area (Å²) in [5.74, 6) is 1.93. The van der Waals surface area contributed by atoms with Crippen molar-refractivity contribution in [2.45, 2.75) is 58.4 Å². The second kappa shape index (κ2) is 7.45. The SMILES string of the molecule is Cc1ccc(-c2nnc(NC(=O)C(C)NC(=O)C34CC5CC(CC(C5)C3)C4)s2)cc1. The maximum atomic E-state index is 13.2. The van der Waals surface area contributed by atoms with Crippen LogP contribution in [-0.4, -0.2) is 28.1 Å². The lowest BCUT2D eigenvalue weighted by molar-refractivity contribution is -0.147. The van der Waals surface area contributed by atoms with E-state index in [1.54, 1.807) is 6.92 Å². The molecule has 2 aromatic rings. The number of hydrogen-bond donors (Lipinski definition) is 2. The molecule has 4 aliphatic carbocycles. The topological polar surface area (TPSA) is 84.0 Å². The first-order valence-corrected chi connectivity index (χ1v) is 11.7. The van der Waals surface area contributed by atoms with E-state index in [0.717, 1.165) is 29.8 Å². The summed E-state index contributed by atoms with van der Waals surface area (Å²) in [5, 5.41) is 15.3. The predicted octanol–water partition coefficient (Wildman–Crippen LogP) is 4.17. The van der Waals surface area contributed by atoms with Crippen LogP contribution >= 0.6 is 11.3 Å². The molecule has 0 radical (unpaired) electrons. The molecule has 1 aromatic heterocycles. The summed E-state index contributed by atoms with van der Waals surface area (Å²) < 4.78 is 0. The first-order valence-electron chi connectivity index (χ1n) is 10.9. The van der Waals surface area contributed by atoms with Crippen molar-refractivity contribution in [2.24, 2.45) is 23.2 Å². The van der Waals surface area contributed by atoms with E-state index in [-0.39, 0.29) is 17.2 Å². The number of amides is 2. The number of carbonyl (C=O) groups is 2. The maximum absolute atomic E-state index is 13.2. The molecule has 4 bridgehead atoms. The zero-order valence-electron chi connectivity index (χ0n) is 17.5. The Morgan fingerprint density at radius 3 is 2.23 bits per heavy atom. The molecule has 0 aliphatic heterocycles. The van der Waals surface area contributed by atoms with Crippen LogP contribution in [0.1, 0.15) is 51.0 Å². The Morgan fingerprint density at radius 1 is 1.03 bits per heavy atom. The van der Waals surface area contributed by atoms with Crippen LogP contribution in [0.3, 0.4) is 0 Å². The number of rotatable bonds is 5. The minimum absolute atomic E-state index is 0.0712. The fourth-order valence-corrected chi connectivity index (χ4v) is 6.86. The van der Waals surface area contributed by atoms with E-state index in [4.69, 9.17) is 0 Å². The van der Waals surface area contributed by atoms with Gasteiger partial charge in [0.05, 0.1) is 0 Å². The van der Waals surface area contributed by atoms with E-state index in [1.165, 1.54) is 36.2 Å². The van der Waals surface area contributed by atoms with Crippen LogP contribution in [0.5, 0.6) is 0 Å². The molecule has 1 heterocycles. The van der Waals surface area contributed by atoms with Crippen LogP contribution in [0.25, 0.3) is 10.6 Å². The molecule has 4 fully saturated rings. The third-order valence-electron chi connectivity index (χ3n) is 7.21. The number of aromatic nitrogens is 2. The summed E-state index contributed by atoms with van der Waals surface area (Å²) >= 11 is 1.34. The van der Waals surface area contributed by atoms with E-state index >= 15 is 0 Å². The molecule has 0 saturated heterocycles. The van der Waals surface area contributed by atoms with Crippen LogP contribution in [0.2, 0.25) is 0 Å². The summed E-state index contributed by atoms with van der Waals surface area (Å²) in [6, 6.07) is 7.44. The van der Waals surface area contributed by atoms with Gasteiger partial charge in [0.15, 0.2) is 0 Å². The van der Waals surface area contributed by atoms with E-state index in [1.807, 2.05) is 31.2 Å². The zero-order valence-corrected chi connectivity index (χ0v) is 18.3. The lowest BCUT2D eigenvalue weighted by Crippen LogP contribution is -2.56. The summed E-state index contributed by atoms with van der Waals surface area (Å²) in [4.78, 5) is 25.8. The fourth-order valence-electron chi connectivity index (χ4n) is 6.10. The Balaban J connectivity index is 1.21. The number of benzene rings is 1. The molecule has 1 unspecified atom stereocenters. The van der Waals surface area contributed by atoms with Gasteiger partial charge >= 0.3 is 0 Å². The summed E-state index contributed by atoms with van der Waals surface area (Å²) in [5.41, 5.74) is 1.91. The minimum atomic E-state index is -0.600. The van der Waals surface area contributed by atoms with Gasteiger partial charge in [-0.3, -0.25) is 14.9 Å². The van der Waals surface area contributed by atoms with E-state index in [0.29, 0.717) is 22.9 Å². The van der Waals surface area contributed by atoms with Crippen molar-refractivity contribution in [1.29, 1.82) is 0 Å². The third kappa shape index (κ3) is 3.64. The van der Waals surface area contributed by atoms with Gasteiger partial charge in [0.2, 0.25) is 16.9 Å². The number of carbonyl (C=O) groups excluding carboxylic acids is 2. The monoisotopic (exact) mass is 424 g/mol. The predicted molar refractivity (Wildman–Crippen MR) is 117 cm³/mol. The molecule has 4 aliphatic rings. The largest absolute Gasteiger partial charge is 0.344 e. The van der Waals surface area contributed by atoms with Crippen molar-refractivity contribution < 1.29 is 9.59 Å². The van der Waals surface area contributed by atoms with Gasteiger partial charge in [-0.05, 0) is 70.1 Å². The average Bonchev–Trinajstić information content (AvgIpc) is 3.16. The van der Waals surface area contributed by atoms with Gasteiger partial charge in [0, 0.05) is 11.0 Å². The smallest absolute Gasteiger partial charge is 0.248 e. The number of nitrogens with zero attached hydrogens (tertiary/aromatic N) is 2. The van der Waals surface area contributed by atoms with Crippen molar-refractivity contribution in [1.82, 2.24) is 15.5 Å². The molecule has 6 nitrogen and oxygen atoms in total. The quantitative estimate of drug-likeness (QED) is 0.754. The molecule has 1 atom stereocenters. The highest BCUT2D eigenvalue weighted by Gasteiger charge is 2.54. The third-order valence-corrected chi connectivity index (χ3v) is 8.10. The summed E-state index contributed by atoms with van der Waals surface area (Å²) in [7, 11) is 0. The molecule has 7 heteroatoms. The second-order valence-corrected chi connectivity index (χ2v) is 10.6. The van der Waals surface area contributed by atoms with Crippen molar-refractivity contribution in [2.75, 3.05) is 5.32 Å². The highest BCUT2D eigenvalue weighted by atomic mass is 32.1. The lowest BCUT2D eigenvalue weighted by Gasteiger charge is -2.55. The van der Waals surface area contributed by atoms with Gasteiger partial charge in [-0.15, -0.1) is 10.2 Å². The van der Waals surface area contributed by atoms with Crippen molar-refractivity contribution in [3.8, 4) is 10.6 Å². The molecule has 1 aromatic carbocycles. The van der Waals surface area contributed by atoms with E-state index < -0.39 is 6.04 Å². The van der Waals surface area contributed by atoms with Crippen LogP contribution in [0, 0.1) is 30.1 Å². The van der Waals surface area contributed by atoms with E-state index in [2.05, 4.69) is 20.8 Å². The van der Waals surface area contributed by atoms with Crippen LogP contribution in [0.4, 0.5) is 5.13 Å². The molecule has 6 rings (SSSR count). The lowest BCUT2D eigenvalue weighted by atomic mass is 9.49. The van der Waals surface area contributed by atoms with Gasteiger partial charge in [-0.25, -0.2) is 0 Å². The van der Waals surface area contributed by atoms with Gasteiger partial charge in [0.25, 0.3) is 0 Å². The Morgan fingerprint density at radius 2 is 1.63 bits per heavy atom. The molecule has 30 heavy (non-hydrogen) atoms. The maximum Gasteiger partial charge on any atom is 0.248 e. The number of anilines is 1. The zero-order chi connectivity index (χ0) is 20.9. The average molecular weight is 425 g/mol. The molecule has 158 valence electrons. The van der Waals surface area contributed by atoms with Crippen molar-refractivity contribution in [3.63, 3.8) is 0 Å². The van der Waals surface area contributed by atoms with Crippen LogP contribution in [0.15, 0.2) is 24.3 Å². The Bertz CT molecular complexity index is 933. The molecule has 0 spiro atoms. The molecule has 2 N–H and O–H groups in total. The molecule has 4 saturated carbocycles. The van der Waals surface area contributed by atoms with Crippen molar-refractivity contribution >= 4 is 28.3 Å². The fraction of sp³-hybridized carbons (Fsp3) is 0.565. The number of aryl methyl sites for hydroxylation is 1.